The van der Waals surface area contributed by atoms with Gasteiger partial charge in [-0.2, -0.15) is 0 Å². The van der Waals surface area contributed by atoms with Gasteiger partial charge in [-0.15, -0.1) is 0 Å². The van der Waals surface area contributed by atoms with Gasteiger partial charge < -0.3 is 9.84 Å². The summed E-state index contributed by atoms with van der Waals surface area (Å²) in [6, 6.07) is 8.49. The highest BCUT2D eigenvalue weighted by molar-refractivity contribution is 6.37. The molecular weight excluding hydrogens is 293 g/mol. The molecule has 0 heterocycles. The van der Waals surface area contributed by atoms with Gasteiger partial charge in [0.1, 0.15) is 0 Å². The van der Waals surface area contributed by atoms with E-state index in [1.54, 1.807) is 12.1 Å². The predicted octanol–water partition coefficient (Wildman–Crippen LogP) is 4.40. The van der Waals surface area contributed by atoms with Crippen LogP contribution < -0.4 is 4.74 Å². The van der Waals surface area contributed by atoms with Crippen molar-refractivity contribution in [3.8, 4) is 17.2 Å². The number of non-ortho nitro benzene ring substituents is 1. The number of halogens is 2. The highest BCUT2D eigenvalue weighted by Crippen LogP contribution is 2.41. The summed E-state index contributed by atoms with van der Waals surface area (Å²) in [5.41, 5.74) is -0.236. The van der Waals surface area contributed by atoms with Gasteiger partial charge in [-0.3, -0.25) is 10.1 Å². The number of nitro groups is 1. The number of nitro benzene ring substituents is 1. The molecule has 0 unspecified atom stereocenters. The molecule has 2 rings (SSSR count). The Balaban J connectivity index is 2.42. The molecule has 0 aliphatic carbocycles. The number of aromatic hydroxyl groups is 1. The minimum atomic E-state index is -0.610. The number of phenols is 1. The number of hydrogen-bond donors (Lipinski definition) is 1. The summed E-state index contributed by atoms with van der Waals surface area (Å²) in [5, 5.41) is 20.2. The van der Waals surface area contributed by atoms with Gasteiger partial charge in [0.15, 0.2) is 17.2 Å². The Morgan fingerprint density at radius 3 is 2.26 bits per heavy atom. The zero-order valence-electron chi connectivity index (χ0n) is 9.34. The molecule has 0 fully saturated rings. The minimum Gasteiger partial charge on any atom is -0.504 e. The van der Waals surface area contributed by atoms with Crippen LogP contribution in [0.25, 0.3) is 0 Å². The number of hydrogen-bond acceptors (Lipinski definition) is 4. The summed E-state index contributed by atoms with van der Waals surface area (Å²) in [4.78, 5) is 10.0. The molecule has 1 N–H and O–H groups in total. The van der Waals surface area contributed by atoms with E-state index < -0.39 is 4.92 Å². The lowest BCUT2D eigenvalue weighted by atomic mass is 10.3. The van der Waals surface area contributed by atoms with Gasteiger partial charge in [0, 0.05) is 12.1 Å². The number of nitrogens with zero attached hydrogens (tertiary/aromatic N) is 1. The fraction of sp³-hybridized carbons (Fsp3) is 0. The molecule has 0 saturated heterocycles. The van der Waals surface area contributed by atoms with Gasteiger partial charge >= 0.3 is 0 Å². The molecule has 0 saturated carbocycles. The molecule has 0 bridgehead atoms. The summed E-state index contributed by atoms with van der Waals surface area (Å²) in [6.07, 6.45) is 0. The van der Waals surface area contributed by atoms with E-state index in [1.807, 2.05) is 0 Å². The normalized spacial score (nSPS) is 10.2. The summed E-state index contributed by atoms with van der Waals surface area (Å²) < 4.78 is 5.37. The average Bonchev–Trinajstić information content (AvgIpc) is 2.35. The lowest BCUT2D eigenvalue weighted by Crippen LogP contribution is -1.91. The number of para-hydroxylation sites is 2. The van der Waals surface area contributed by atoms with Crippen LogP contribution >= 0.6 is 23.2 Å². The maximum atomic E-state index is 10.6. The van der Waals surface area contributed by atoms with Gasteiger partial charge in [-0.1, -0.05) is 35.3 Å². The molecule has 7 heteroatoms. The third-order valence-corrected chi connectivity index (χ3v) is 2.83. The van der Waals surface area contributed by atoms with Gasteiger partial charge in [-0.05, 0) is 12.1 Å². The Morgan fingerprint density at radius 1 is 1.16 bits per heavy atom. The lowest BCUT2D eigenvalue weighted by Gasteiger charge is -2.10. The Kier molecular flexibility index (Phi) is 3.78. The van der Waals surface area contributed by atoms with Gasteiger partial charge in [0.25, 0.3) is 5.69 Å². The van der Waals surface area contributed by atoms with Crippen LogP contribution in [0, 0.1) is 10.1 Å². The predicted molar refractivity (Wildman–Crippen MR) is 71.3 cm³/mol. The van der Waals surface area contributed by atoms with Crippen LogP contribution in [0.3, 0.4) is 0 Å². The van der Waals surface area contributed by atoms with Crippen molar-refractivity contribution < 1.29 is 14.8 Å². The molecule has 0 aliphatic rings. The number of ether oxygens (including phenoxy) is 1. The lowest BCUT2D eigenvalue weighted by molar-refractivity contribution is -0.384. The molecule has 0 amide bonds. The van der Waals surface area contributed by atoms with Gasteiger partial charge in [0.2, 0.25) is 0 Å². The number of phenolic OH excluding ortho intramolecular Hbond substituents is 1. The monoisotopic (exact) mass is 299 g/mol. The van der Waals surface area contributed by atoms with Crippen LogP contribution in [-0.4, -0.2) is 10.0 Å². The van der Waals surface area contributed by atoms with Crippen molar-refractivity contribution in [3.63, 3.8) is 0 Å². The Morgan fingerprint density at radius 2 is 1.74 bits per heavy atom. The van der Waals surface area contributed by atoms with E-state index in [4.69, 9.17) is 27.9 Å². The largest absolute Gasteiger partial charge is 0.504 e. The summed E-state index contributed by atoms with van der Waals surface area (Å²) in [6.45, 7) is 0. The van der Waals surface area contributed by atoms with Crippen molar-refractivity contribution >= 4 is 28.9 Å². The SMILES string of the molecule is O=[N+]([O-])c1cc(Cl)c(Oc2ccccc2O)c(Cl)c1. The van der Waals surface area contributed by atoms with Crippen molar-refractivity contribution in [2.75, 3.05) is 0 Å². The first-order valence-corrected chi connectivity index (χ1v) is 5.84. The van der Waals surface area contributed by atoms with E-state index in [9.17, 15) is 15.2 Å². The maximum absolute atomic E-state index is 10.6. The third-order valence-electron chi connectivity index (χ3n) is 2.27. The molecule has 2 aromatic rings. The van der Waals surface area contributed by atoms with E-state index in [-0.39, 0.29) is 33.0 Å². The van der Waals surface area contributed by atoms with Crippen molar-refractivity contribution in [3.05, 3.63) is 56.6 Å². The molecule has 0 aromatic heterocycles. The molecule has 2 aromatic carbocycles. The molecule has 0 spiro atoms. The standard InChI is InChI=1S/C12H7Cl2NO4/c13-8-5-7(15(17)18)6-9(14)12(8)19-11-4-2-1-3-10(11)16/h1-6,16H. The first kappa shape index (κ1) is 13.5. The molecule has 19 heavy (non-hydrogen) atoms. The van der Waals surface area contributed by atoms with Crippen molar-refractivity contribution in [1.82, 2.24) is 0 Å². The molecule has 5 nitrogen and oxygen atoms in total. The van der Waals surface area contributed by atoms with E-state index in [0.29, 0.717) is 0 Å². The summed E-state index contributed by atoms with van der Waals surface area (Å²) >= 11 is 11.8. The fourth-order valence-corrected chi connectivity index (χ4v) is 1.96. The van der Waals surface area contributed by atoms with Crippen LogP contribution in [-0.2, 0) is 0 Å². The van der Waals surface area contributed by atoms with Crippen LogP contribution in [0.2, 0.25) is 10.0 Å². The Hall–Kier alpha value is -1.98. The number of rotatable bonds is 3. The third kappa shape index (κ3) is 2.89. The van der Waals surface area contributed by atoms with Crippen molar-refractivity contribution in [2.24, 2.45) is 0 Å². The molecule has 0 atom stereocenters. The summed E-state index contributed by atoms with van der Waals surface area (Å²) in [7, 11) is 0. The first-order chi connectivity index (χ1) is 8.99. The maximum Gasteiger partial charge on any atom is 0.272 e. The van der Waals surface area contributed by atoms with Crippen molar-refractivity contribution in [1.29, 1.82) is 0 Å². The second-order valence-corrected chi connectivity index (χ2v) is 4.38. The second kappa shape index (κ2) is 5.34. The van der Waals surface area contributed by atoms with E-state index in [1.165, 1.54) is 12.1 Å². The van der Waals surface area contributed by atoms with Crippen LogP contribution in [0.1, 0.15) is 0 Å². The molecular formula is C12H7Cl2NO4. The number of benzene rings is 2. The van der Waals surface area contributed by atoms with Crippen LogP contribution in [0.4, 0.5) is 5.69 Å². The minimum absolute atomic E-state index is 0.0116. The average molecular weight is 300 g/mol. The van der Waals surface area contributed by atoms with E-state index in [2.05, 4.69) is 0 Å². The first-order valence-electron chi connectivity index (χ1n) is 5.08. The van der Waals surface area contributed by atoms with E-state index >= 15 is 0 Å². The van der Waals surface area contributed by atoms with Crippen LogP contribution in [0.15, 0.2) is 36.4 Å². The smallest absolute Gasteiger partial charge is 0.272 e. The quantitative estimate of drug-likeness (QED) is 0.673. The molecule has 0 radical (unpaired) electrons. The topological polar surface area (TPSA) is 72.6 Å². The van der Waals surface area contributed by atoms with Gasteiger partial charge in [-0.25, -0.2) is 0 Å². The zero-order chi connectivity index (χ0) is 14.0. The highest BCUT2D eigenvalue weighted by atomic mass is 35.5. The molecule has 0 aliphatic heterocycles. The van der Waals surface area contributed by atoms with Crippen LogP contribution in [0.5, 0.6) is 17.2 Å². The van der Waals surface area contributed by atoms with Crippen molar-refractivity contribution in [2.45, 2.75) is 0 Å². The fourth-order valence-electron chi connectivity index (χ4n) is 1.40. The summed E-state index contributed by atoms with van der Waals surface area (Å²) in [5.74, 6) is 0.114. The second-order valence-electron chi connectivity index (χ2n) is 3.57. The zero-order valence-corrected chi connectivity index (χ0v) is 10.9. The van der Waals surface area contributed by atoms with E-state index in [0.717, 1.165) is 12.1 Å². The molecule has 98 valence electrons. The van der Waals surface area contributed by atoms with Gasteiger partial charge in [0.05, 0.1) is 15.0 Å². The Labute approximate surface area is 118 Å². The highest BCUT2D eigenvalue weighted by Gasteiger charge is 2.17. The Bertz CT molecular complexity index is 622.